The van der Waals surface area contributed by atoms with Crippen molar-refractivity contribution in [3.63, 3.8) is 0 Å². The fraction of sp³-hybridized carbons (Fsp3) is 0. The number of nitrogen functional groups attached to an aromatic ring is 1. The van der Waals surface area contributed by atoms with Gasteiger partial charge in [0.2, 0.25) is 11.7 Å². The number of rotatable bonds is 2. The average molecular weight is 825 g/mol. The summed E-state index contributed by atoms with van der Waals surface area (Å²) in [5.41, 5.74) is 14.4. The number of hydrogen-bond acceptors (Lipinski definition) is 3. The highest BCUT2D eigenvalue weighted by Crippen LogP contribution is 2.32. The Balaban J connectivity index is 0.000000126. The Labute approximate surface area is 300 Å². The molecule has 0 unspecified atom stereocenters. The van der Waals surface area contributed by atoms with Crippen LogP contribution in [0.4, 0.5) is 10.3 Å². The molecular weight excluding hydrogens is 799 g/mol. The second-order valence-corrected chi connectivity index (χ2v) is 13.2. The second kappa shape index (κ2) is 13.8. The van der Waals surface area contributed by atoms with E-state index in [2.05, 4.69) is 122 Å². The predicted octanol–water partition coefficient (Wildman–Crippen LogP) is 11.2. The first kappa shape index (κ1) is 31.8. The Morgan fingerprint density at radius 2 is 1.04 bits per heavy atom. The molecule has 0 spiro atoms. The van der Waals surface area contributed by atoms with Crippen molar-refractivity contribution in [2.75, 3.05) is 5.73 Å². The lowest BCUT2D eigenvalue weighted by molar-refractivity contribution is 0.620. The van der Waals surface area contributed by atoms with Crippen molar-refractivity contribution in [3.8, 4) is 11.4 Å². The number of aromatic nitrogens is 5. The first-order chi connectivity index (χ1) is 23.4. The van der Waals surface area contributed by atoms with E-state index in [0.717, 1.165) is 59.2 Å². The van der Waals surface area contributed by atoms with Gasteiger partial charge in [-0.05, 0) is 121 Å². The number of hydrogen-bond donors (Lipinski definition) is 1. The quantitative estimate of drug-likeness (QED) is 0.177. The van der Waals surface area contributed by atoms with Crippen molar-refractivity contribution in [3.05, 3.63) is 165 Å². The first-order valence-corrected chi connectivity index (χ1v) is 17.3. The number of halogens is 4. The summed E-state index contributed by atoms with van der Waals surface area (Å²) in [6.45, 7) is 0. The van der Waals surface area contributed by atoms with Gasteiger partial charge in [-0.3, -0.25) is 13.5 Å². The fourth-order valence-electron chi connectivity index (χ4n) is 5.60. The average Bonchev–Trinajstić information content (AvgIpc) is 3.76. The molecule has 6 aromatic carbocycles. The van der Waals surface area contributed by atoms with Crippen molar-refractivity contribution in [1.29, 1.82) is 0 Å². The molecule has 0 fully saturated rings. The zero-order valence-corrected chi connectivity index (χ0v) is 29.9. The molecule has 0 amide bonds. The van der Waals surface area contributed by atoms with E-state index in [1.165, 1.54) is 6.07 Å². The van der Waals surface area contributed by atoms with Gasteiger partial charge in [0, 0.05) is 20.3 Å². The summed E-state index contributed by atoms with van der Waals surface area (Å²) in [4.78, 5) is 9.22. The Bertz CT molecular complexity index is 2500. The van der Waals surface area contributed by atoms with Crippen LogP contribution < -0.4 is 5.73 Å². The summed E-state index contributed by atoms with van der Waals surface area (Å²) in [6, 6.07) is 47.7. The number of imidazole rings is 3. The Morgan fingerprint density at radius 1 is 0.500 bits per heavy atom. The summed E-state index contributed by atoms with van der Waals surface area (Å²) >= 11 is 9.89. The zero-order chi connectivity index (χ0) is 33.2. The van der Waals surface area contributed by atoms with Gasteiger partial charge in [0.05, 0.1) is 37.6 Å². The van der Waals surface area contributed by atoms with Crippen LogP contribution in [0.5, 0.6) is 0 Å². The molecule has 236 valence electrons. The number of para-hydroxylation sites is 7. The van der Waals surface area contributed by atoms with Crippen LogP contribution in [-0.2, 0) is 0 Å². The maximum Gasteiger partial charge on any atom is 0.220 e. The van der Waals surface area contributed by atoms with Crippen LogP contribution in [0, 0.1) is 5.82 Å². The lowest BCUT2D eigenvalue weighted by Gasteiger charge is -2.05. The number of nitrogens with two attached hydrogens (primary N) is 1. The Kier molecular flexibility index (Phi) is 9.12. The molecule has 0 bridgehead atoms. The third-order valence-corrected chi connectivity index (χ3v) is 10.3. The van der Waals surface area contributed by atoms with Crippen molar-refractivity contribution in [2.45, 2.75) is 0 Å². The molecule has 2 N–H and O–H groups in total. The Hall–Kier alpha value is -4.77. The fourth-order valence-corrected chi connectivity index (χ4v) is 6.74. The summed E-state index contributed by atoms with van der Waals surface area (Å²) < 4.78 is 21.2. The van der Waals surface area contributed by atoms with E-state index in [1.54, 1.807) is 12.1 Å². The lowest BCUT2D eigenvalue weighted by Crippen LogP contribution is -1.99. The predicted molar refractivity (Wildman–Crippen MR) is 205 cm³/mol. The van der Waals surface area contributed by atoms with Crippen molar-refractivity contribution in [2.24, 2.45) is 0 Å². The number of fused-ring (bicyclic) bond motifs is 6. The molecule has 0 aliphatic heterocycles. The molecule has 9 rings (SSSR count). The van der Waals surface area contributed by atoms with E-state index in [1.807, 2.05) is 71.3 Å². The van der Waals surface area contributed by atoms with E-state index in [4.69, 9.17) is 10.7 Å². The molecule has 6 nitrogen and oxygen atoms in total. The van der Waals surface area contributed by atoms with Gasteiger partial charge in [-0.2, -0.15) is 0 Å². The van der Waals surface area contributed by atoms with E-state index >= 15 is 0 Å². The normalized spacial score (nSPS) is 11.0. The highest BCUT2D eigenvalue weighted by molar-refractivity contribution is 9.13. The molecule has 10 heteroatoms. The van der Waals surface area contributed by atoms with E-state index in [9.17, 15) is 4.39 Å². The number of nitrogens with zero attached hydrogens (tertiary/aromatic N) is 5. The molecule has 0 atom stereocenters. The van der Waals surface area contributed by atoms with Gasteiger partial charge in [0.25, 0.3) is 0 Å². The van der Waals surface area contributed by atoms with Crippen molar-refractivity contribution < 1.29 is 4.39 Å². The highest BCUT2D eigenvalue weighted by atomic mass is 79.9. The minimum Gasteiger partial charge on any atom is -0.369 e. The van der Waals surface area contributed by atoms with Crippen LogP contribution in [0.3, 0.4) is 0 Å². The largest absolute Gasteiger partial charge is 0.369 e. The number of benzene rings is 6. The van der Waals surface area contributed by atoms with E-state index in [0.29, 0.717) is 10.4 Å². The third kappa shape index (κ3) is 6.03. The maximum atomic E-state index is 12.5. The summed E-state index contributed by atoms with van der Waals surface area (Å²) in [7, 11) is 0. The third-order valence-electron chi connectivity index (χ3n) is 7.69. The van der Waals surface area contributed by atoms with E-state index in [-0.39, 0.29) is 5.82 Å². The van der Waals surface area contributed by atoms with Crippen LogP contribution in [0.25, 0.3) is 50.3 Å². The second-order valence-electron chi connectivity index (χ2n) is 10.7. The molecule has 48 heavy (non-hydrogen) atoms. The summed E-state index contributed by atoms with van der Waals surface area (Å²) in [6.07, 6.45) is 0. The van der Waals surface area contributed by atoms with Crippen LogP contribution in [0.15, 0.2) is 159 Å². The lowest BCUT2D eigenvalue weighted by atomic mass is 10.2. The van der Waals surface area contributed by atoms with Gasteiger partial charge in [-0.15, -0.1) is 0 Å². The molecule has 0 saturated heterocycles. The minimum atomic E-state index is -0.246. The zero-order valence-electron chi connectivity index (χ0n) is 25.2. The van der Waals surface area contributed by atoms with Gasteiger partial charge in [-0.1, -0.05) is 72.8 Å². The molecule has 0 aliphatic rings. The molecule has 0 radical (unpaired) electrons. The smallest absolute Gasteiger partial charge is 0.220 e. The van der Waals surface area contributed by atoms with Gasteiger partial charge in [-0.25, -0.2) is 14.4 Å². The molecule has 3 aromatic heterocycles. The van der Waals surface area contributed by atoms with Crippen LogP contribution in [-0.4, -0.2) is 23.5 Å². The van der Waals surface area contributed by atoms with Crippen LogP contribution >= 0.6 is 47.8 Å². The summed E-state index contributed by atoms with van der Waals surface area (Å²) in [5, 5.41) is 0. The van der Waals surface area contributed by atoms with Gasteiger partial charge in [0.15, 0.2) is 0 Å². The van der Waals surface area contributed by atoms with Gasteiger partial charge in [0.1, 0.15) is 5.82 Å². The van der Waals surface area contributed by atoms with Crippen LogP contribution in [0.2, 0.25) is 0 Å². The molecular formula is C38H26Br3FN6. The van der Waals surface area contributed by atoms with Crippen LogP contribution in [0.1, 0.15) is 0 Å². The SMILES string of the molecule is Brc1cccc2nc3n(-c4ccccc4)c4ccccc4n3c12.Fc1cccc(Br)c1Br.Nc1nc2ccccc2n1-c1ccccc1. The monoisotopic (exact) mass is 822 g/mol. The first-order valence-electron chi connectivity index (χ1n) is 14.9. The topological polar surface area (TPSA) is 66.1 Å². The van der Waals surface area contributed by atoms with Crippen molar-refractivity contribution in [1.82, 2.24) is 23.5 Å². The van der Waals surface area contributed by atoms with Crippen molar-refractivity contribution >= 4 is 92.6 Å². The standard InChI is InChI=1S/C19H12BrN3.C13H11N3.C6H3Br2F/c20-14-9-6-10-15-18(14)23-17-12-5-4-11-16(17)22(19(23)21-15)13-7-2-1-3-8-13;14-13-15-11-8-4-5-9-12(11)16(13)10-6-2-1-3-7-10;7-4-2-1-3-5(9)6(4)8/h1-12H;1-9H,(H2,14,15);1-3H. The molecule has 0 aliphatic carbocycles. The summed E-state index contributed by atoms with van der Waals surface area (Å²) in [5.74, 6) is 1.20. The Morgan fingerprint density at radius 3 is 1.71 bits per heavy atom. The van der Waals surface area contributed by atoms with E-state index < -0.39 is 0 Å². The molecule has 9 aromatic rings. The number of anilines is 1. The van der Waals surface area contributed by atoms with Gasteiger partial charge < -0.3 is 5.73 Å². The molecule has 0 saturated carbocycles. The minimum absolute atomic E-state index is 0.246. The maximum absolute atomic E-state index is 12.5. The van der Waals surface area contributed by atoms with Gasteiger partial charge >= 0.3 is 0 Å². The molecule has 3 heterocycles. The highest BCUT2D eigenvalue weighted by Gasteiger charge is 2.17.